The molecule has 254 valence electrons. The van der Waals surface area contributed by atoms with Crippen molar-refractivity contribution in [2.45, 2.75) is 0 Å². The summed E-state index contributed by atoms with van der Waals surface area (Å²) in [5.74, 6) is 0. The molecule has 6 aromatic rings. The summed E-state index contributed by atoms with van der Waals surface area (Å²) < 4.78 is 49.6. The van der Waals surface area contributed by atoms with Crippen molar-refractivity contribution in [1.29, 1.82) is 21.0 Å². The lowest BCUT2D eigenvalue weighted by atomic mass is 10.1. The van der Waals surface area contributed by atoms with Crippen molar-refractivity contribution in [2.24, 2.45) is 0 Å². The SMILES string of the molecule is [C-]#[N+]c1cccc(P2(=O)c3cc(C#N)cc4c3N3c5c(cc(C#N)cc5P(=O)(c5cccc(C#N)c5)c5cc([N+]#[C-])cc2c53)P4(=O)c2cccc(C#N)c2)c1. The Kier molecular flexibility index (Phi) is 7.10. The van der Waals surface area contributed by atoms with Gasteiger partial charge in [-0.1, -0.05) is 42.5 Å². The maximum Gasteiger partial charge on any atom is 0.188 e. The third-order valence-corrected chi connectivity index (χ3v) is 19.4. The van der Waals surface area contributed by atoms with E-state index in [1.807, 2.05) is 0 Å². The number of benzene rings is 6. The van der Waals surface area contributed by atoms with Crippen molar-refractivity contribution in [3.05, 3.63) is 154 Å². The molecule has 0 bridgehead atoms. The fourth-order valence-electron chi connectivity index (χ4n) is 7.98. The summed E-state index contributed by atoms with van der Waals surface area (Å²) in [6.45, 7) is 15.9. The number of hydrogen-bond donors (Lipinski definition) is 0. The predicted molar refractivity (Wildman–Crippen MR) is 211 cm³/mol. The Morgan fingerprint density at radius 3 is 1.15 bits per heavy atom. The van der Waals surface area contributed by atoms with Gasteiger partial charge in [-0.05, 0) is 66.7 Å². The summed E-state index contributed by atoms with van der Waals surface area (Å²) in [6, 6.07) is 36.0. The van der Waals surface area contributed by atoms with Gasteiger partial charge in [0.15, 0.2) is 32.8 Å². The molecule has 10 nitrogen and oxygen atoms in total. The highest BCUT2D eigenvalue weighted by atomic mass is 31.2. The zero-order valence-corrected chi connectivity index (χ0v) is 30.8. The number of nitrogens with zero attached hydrogens (tertiary/aromatic N) is 7. The average molecular weight is 762 g/mol. The second-order valence-electron chi connectivity index (χ2n) is 13.0. The molecule has 13 heteroatoms. The molecular formula is C42H18N7O3P3. The van der Waals surface area contributed by atoms with E-state index in [4.69, 9.17) is 13.1 Å². The van der Waals surface area contributed by atoms with Gasteiger partial charge in [0.05, 0.1) is 76.7 Å². The highest BCUT2D eigenvalue weighted by molar-refractivity contribution is 7.89. The monoisotopic (exact) mass is 761 g/mol. The molecule has 9 rings (SSSR count). The van der Waals surface area contributed by atoms with E-state index in [9.17, 15) is 21.0 Å². The lowest BCUT2D eigenvalue weighted by Gasteiger charge is -2.49. The molecule has 0 aromatic heterocycles. The van der Waals surface area contributed by atoms with E-state index < -0.39 is 21.4 Å². The zero-order chi connectivity index (χ0) is 38.4. The van der Waals surface area contributed by atoms with Crippen LogP contribution in [0.15, 0.2) is 109 Å². The van der Waals surface area contributed by atoms with Gasteiger partial charge in [-0.15, -0.1) is 0 Å². The third kappa shape index (κ3) is 4.23. The summed E-state index contributed by atoms with van der Waals surface area (Å²) in [6.07, 6.45) is 0. The van der Waals surface area contributed by atoms with Gasteiger partial charge in [-0.2, -0.15) is 21.0 Å². The summed E-state index contributed by atoms with van der Waals surface area (Å²) in [5.41, 5.74) is 1.34. The second kappa shape index (κ2) is 11.6. The molecule has 0 spiro atoms. The first kappa shape index (κ1) is 33.6. The third-order valence-electron chi connectivity index (χ3n) is 10.3. The van der Waals surface area contributed by atoms with Crippen LogP contribution in [-0.2, 0) is 13.7 Å². The van der Waals surface area contributed by atoms with Crippen LogP contribution in [0.5, 0.6) is 0 Å². The van der Waals surface area contributed by atoms with Crippen molar-refractivity contribution in [1.82, 2.24) is 0 Å². The van der Waals surface area contributed by atoms with Gasteiger partial charge in [-0.25, -0.2) is 9.69 Å². The largest absolute Gasteiger partial charge is 0.309 e. The van der Waals surface area contributed by atoms with Gasteiger partial charge >= 0.3 is 0 Å². The molecule has 3 aliphatic rings. The van der Waals surface area contributed by atoms with E-state index in [-0.39, 0.29) is 98.4 Å². The first-order valence-electron chi connectivity index (χ1n) is 16.4. The summed E-state index contributed by atoms with van der Waals surface area (Å²) in [5, 5.41) is 42.2. The Bertz CT molecular complexity index is 2830. The summed E-state index contributed by atoms with van der Waals surface area (Å²) in [4.78, 5) is 9.05. The molecule has 0 N–H and O–H groups in total. The van der Waals surface area contributed by atoms with Crippen LogP contribution in [0.25, 0.3) is 9.69 Å². The topological polar surface area (TPSA) is 158 Å². The van der Waals surface area contributed by atoms with Gasteiger partial charge in [0.2, 0.25) is 0 Å². The van der Waals surface area contributed by atoms with Crippen LogP contribution < -0.4 is 52.6 Å². The number of nitriles is 4. The van der Waals surface area contributed by atoms with E-state index in [0.717, 1.165) is 0 Å². The van der Waals surface area contributed by atoms with Gasteiger partial charge in [0.25, 0.3) is 0 Å². The van der Waals surface area contributed by atoms with E-state index >= 15 is 13.7 Å². The molecule has 3 atom stereocenters. The summed E-state index contributed by atoms with van der Waals surface area (Å²) >= 11 is 0. The van der Waals surface area contributed by atoms with Crippen LogP contribution in [-0.4, -0.2) is 0 Å². The Labute approximate surface area is 314 Å². The molecule has 0 saturated carbocycles. The fraction of sp³-hybridized carbons (Fsp3) is 0. The summed E-state index contributed by atoms with van der Waals surface area (Å²) in [7, 11) is -12.7. The highest BCUT2D eigenvalue weighted by Crippen LogP contribution is 2.65. The van der Waals surface area contributed by atoms with Gasteiger partial charge < -0.3 is 18.6 Å². The number of anilines is 3. The zero-order valence-electron chi connectivity index (χ0n) is 28.1. The minimum absolute atomic E-state index is 0.0168. The van der Waals surface area contributed by atoms with E-state index in [0.29, 0.717) is 0 Å². The van der Waals surface area contributed by atoms with Gasteiger partial charge in [0.1, 0.15) is 0 Å². The predicted octanol–water partition coefficient (Wildman–Crippen LogP) is 5.60. The Morgan fingerprint density at radius 2 is 0.782 bits per heavy atom. The number of hydrogen-bond acceptors (Lipinski definition) is 8. The Morgan fingerprint density at radius 1 is 0.436 bits per heavy atom. The Hall–Kier alpha value is -7.25. The Balaban J connectivity index is 1.59. The van der Waals surface area contributed by atoms with Crippen molar-refractivity contribution in [3.8, 4) is 24.3 Å². The maximum atomic E-state index is 16.6. The number of rotatable bonds is 3. The lowest BCUT2D eigenvalue weighted by Crippen LogP contribution is -2.53. The van der Waals surface area contributed by atoms with Crippen molar-refractivity contribution < 1.29 is 13.7 Å². The average Bonchev–Trinajstić information content (AvgIpc) is 3.24. The van der Waals surface area contributed by atoms with Crippen molar-refractivity contribution in [2.75, 3.05) is 4.90 Å². The molecule has 3 heterocycles. The van der Waals surface area contributed by atoms with E-state index in [1.165, 1.54) is 54.6 Å². The van der Waals surface area contributed by atoms with Gasteiger partial charge in [0, 0.05) is 47.7 Å². The minimum Gasteiger partial charge on any atom is -0.309 e. The normalized spacial score (nSPS) is 20.3. The van der Waals surface area contributed by atoms with E-state index in [2.05, 4.69) is 34.0 Å². The molecule has 55 heavy (non-hydrogen) atoms. The van der Waals surface area contributed by atoms with Crippen LogP contribution in [0.3, 0.4) is 0 Å². The van der Waals surface area contributed by atoms with Crippen LogP contribution in [0.2, 0.25) is 0 Å². The quantitative estimate of drug-likeness (QED) is 0.166. The second-order valence-corrected chi connectivity index (χ2v) is 21.1. The molecule has 3 aliphatic heterocycles. The molecule has 0 fully saturated rings. The molecular weight excluding hydrogens is 743 g/mol. The molecule has 0 saturated heterocycles. The highest BCUT2D eigenvalue weighted by Gasteiger charge is 2.56. The van der Waals surface area contributed by atoms with Crippen LogP contribution >= 0.6 is 21.4 Å². The van der Waals surface area contributed by atoms with Crippen LogP contribution in [0.4, 0.5) is 28.4 Å². The molecule has 0 amide bonds. The van der Waals surface area contributed by atoms with Crippen LogP contribution in [0, 0.1) is 58.5 Å². The van der Waals surface area contributed by atoms with E-state index in [1.54, 1.807) is 59.5 Å². The first-order chi connectivity index (χ1) is 26.6. The molecule has 3 unspecified atom stereocenters. The minimum atomic E-state index is -4.25. The van der Waals surface area contributed by atoms with Crippen molar-refractivity contribution >= 4 is 97.6 Å². The fourth-order valence-corrected chi connectivity index (χ4v) is 17.6. The van der Waals surface area contributed by atoms with Crippen LogP contribution in [0.1, 0.15) is 22.3 Å². The lowest BCUT2D eigenvalue weighted by molar-refractivity contribution is 0.592. The van der Waals surface area contributed by atoms with Crippen molar-refractivity contribution in [3.63, 3.8) is 0 Å². The van der Waals surface area contributed by atoms with Gasteiger partial charge in [-0.3, -0.25) is 0 Å². The molecule has 0 radical (unpaired) electrons. The molecule has 0 aliphatic carbocycles. The smallest absolute Gasteiger partial charge is 0.188 e. The molecule has 6 aromatic carbocycles. The first-order valence-corrected chi connectivity index (χ1v) is 21.6. The maximum absolute atomic E-state index is 16.6. The standard InChI is InChI=1S/C42H18N7O3P3/c1-47-29-8-5-11-33(18-29)55(52)37-17-28(24-46)15-35-41(37)49-40-34(53(35,50)31-9-3-6-25(12-31)21-43)14-27(23-45)16-36(40)54(51,32-10-4-7-26(13-32)22-44)38-19-30(48-2)20-39(55)42(38)49/h3-20H.